The van der Waals surface area contributed by atoms with Crippen molar-refractivity contribution in [1.82, 2.24) is 15.5 Å². The lowest BCUT2D eigenvalue weighted by Crippen LogP contribution is -2.53. The molecule has 0 aliphatic heterocycles. The van der Waals surface area contributed by atoms with E-state index in [9.17, 15) is 19.5 Å². The number of carbonyl (C=O) groups is 3. The van der Waals surface area contributed by atoms with E-state index in [0.717, 1.165) is 32.1 Å². The van der Waals surface area contributed by atoms with Gasteiger partial charge in [-0.05, 0) is 64.2 Å². The van der Waals surface area contributed by atoms with Crippen LogP contribution in [-0.4, -0.2) is 52.6 Å². The smallest absolute Gasteiger partial charge is 0.408 e. The van der Waals surface area contributed by atoms with Crippen LogP contribution >= 0.6 is 0 Å². The second kappa shape index (κ2) is 11.0. The first-order chi connectivity index (χ1) is 14.6. The number of phenolic OH excluding ortho intramolecular Hbond substituents is 1. The van der Waals surface area contributed by atoms with E-state index >= 15 is 0 Å². The van der Waals surface area contributed by atoms with Crippen LogP contribution in [0.2, 0.25) is 0 Å². The molecule has 3 amide bonds. The summed E-state index contributed by atoms with van der Waals surface area (Å²) in [5.74, 6) is -0.530. The number of aromatic hydroxyl groups is 1. The Morgan fingerprint density at radius 1 is 1.16 bits per heavy atom. The Morgan fingerprint density at radius 3 is 2.32 bits per heavy atom. The minimum Gasteiger partial charge on any atom is -0.508 e. The Balaban J connectivity index is 2.23. The highest BCUT2D eigenvalue weighted by Gasteiger charge is 2.38. The molecule has 0 spiro atoms. The topological polar surface area (TPSA) is 108 Å². The van der Waals surface area contributed by atoms with Crippen LogP contribution in [0.1, 0.15) is 71.4 Å². The molecule has 1 saturated carbocycles. The summed E-state index contributed by atoms with van der Waals surface area (Å²) in [6, 6.07) is 5.40. The number of ether oxygens (including phenoxy) is 1. The zero-order valence-electron chi connectivity index (χ0n) is 18.9. The van der Waals surface area contributed by atoms with Gasteiger partial charge in [0.05, 0.1) is 0 Å². The average Bonchev–Trinajstić information content (AvgIpc) is 2.64. The van der Waals surface area contributed by atoms with Crippen molar-refractivity contribution in [3.05, 3.63) is 29.8 Å². The lowest BCUT2D eigenvalue weighted by Gasteiger charge is -2.42. The van der Waals surface area contributed by atoms with Crippen molar-refractivity contribution in [3.63, 3.8) is 0 Å². The van der Waals surface area contributed by atoms with Gasteiger partial charge in [0.1, 0.15) is 23.9 Å². The molecule has 1 aromatic rings. The third-order valence-corrected chi connectivity index (χ3v) is 5.10. The quantitative estimate of drug-likeness (QED) is 0.518. The minimum atomic E-state index is -0.837. The fourth-order valence-electron chi connectivity index (χ4n) is 3.36. The summed E-state index contributed by atoms with van der Waals surface area (Å²) in [5, 5.41) is 15.1. The fraction of sp³-hybridized carbons (Fsp3) is 0.609. The van der Waals surface area contributed by atoms with Crippen molar-refractivity contribution < 1.29 is 24.2 Å². The summed E-state index contributed by atoms with van der Waals surface area (Å²) in [5.41, 5.74) is -0.0570. The van der Waals surface area contributed by atoms with E-state index in [1.54, 1.807) is 37.8 Å². The molecule has 0 saturated heterocycles. The molecular weight excluding hydrogens is 398 g/mol. The van der Waals surface area contributed by atoms with E-state index in [0.29, 0.717) is 12.1 Å². The number of benzene rings is 1. The van der Waals surface area contributed by atoms with E-state index in [2.05, 4.69) is 10.6 Å². The molecule has 8 heteroatoms. The number of hydrogen-bond acceptors (Lipinski definition) is 5. The lowest BCUT2D eigenvalue weighted by molar-refractivity contribution is -0.145. The summed E-state index contributed by atoms with van der Waals surface area (Å²) < 4.78 is 5.21. The molecule has 1 fully saturated rings. The zero-order chi connectivity index (χ0) is 23.0. The summed E-state index contributed by atoms with van der Waals surface area (Å²) in [4.78, 5) is 39.9. The molecule has 1 aromatic carbocycles. The first-order valence-electron chi connectivity index (χ1n) is 11.0. The van der Waals surface area contributed by atoms with E-state index in [1.807, 2.05) is 6.92 Å². The molecule has 0 bridgehead atoms. The standard InChI is InChI=1S/C23H35N3O5/c1-5-6-14-24-21(29)20(16-10-12-18(27)13-11-16)26(17-8-7-9-17)19(28)15-25-22(30)31-23(2,3)4/h10-13,17,20,27H,5-9,14-15H2,1-4H3,(H,24,29)(H,25,30). The number of amides is 3. The summed E-state index contributed by atoms with van der Waals surface area (Å²) in [7, 11) is 0. The Hall–Kier alpha value is -2.77. The Kier molecular flexibility index (Phi) is 8.71. The number of alkyl carbamates (subject to hydrolysis) is 1. The van der Waals surface area contributed by atoms with Crippen molar-refractivity contribution in [3.8, 4) is 5.75 Å². The van der Waals surface area contributed by atoms with Crippen molar-refractivity contribution >= 4 is 17.9 Å². The maximum absolute atomic E-state index is 13.2. The fourth-order valence-corrected chi connectivity index (χ4v) is 3.36. The van der Waals surface area contributed by atoms with Gasteiger partial charge in [0, 0.05) is 12.6 Å². The zero-order valence-corrected chi connectivity index (χ0v) is 18.9. The molecule has 1 unspecified atom stereocenters. The van der Waals surface area contributed by atoms with Gasteiger partial charge in [-0.25, -0.2) is 4.79 Å². The van der Waals surface area contributed by atoms with E-state index in [1.165, 1.54) is 12.1 Å². The van der Waals surface area contributed by atoms with Crippen molar-refractivity contribution in [2.24, 2.45) is 0 Å². The third-order valence-electron chi connectivity index (χ3n) is 5.10. The maximum atomic E-state index is 13.2. The van der Waals surface area contributed by atoms with Crippen molar-refractivity contribution in [1.29, 1.82) is 0 Å². The average molecular weight is 434 g/mol. The second-order valence-electron chi connectivity index (χ2n) is 8.88. The van der Waals surface area contributed by atoms with Crippen LogP contribution in [0.3, 0.4) is 0 Å². The number of rotatable bonds is 9. The molecule has 1 atom stereocenters. The van der Waals surface area contributed by atoms with Crippen LogP contribution in [0.15, 0.2) is 24.3 Å². The highest BCUT2D eigenvalue weighted by Crippen LogP contribution is 2.33. The maximum Gasteiger partial charge on any atom is 0.408 e. The van der Waals surface area contributed by atoms with Gasteiger partial charge in [0.15, 0.2) is 0 Å². The molecule has 1 aliphatic rings. The number of carbonyl (C=O) groups excluding carboxylic acids is 3. The van der Waals surface area contributed by atoms with Crippen molar-refractivity contribution in [2.45, 2.75) is 77.5 Å². The highest BCUT2D eigenvalue weighted by atomic mass is 16.6. The highest BCUT2D eigenvalue weighted by molar-refractivity contribution is 5.90. The predicted molar refractivity (Wildman–Crippen MR) is 117 cm³/mol. The number of unbranched alkanes of at least 4 members (excludes halogenated alkanes) is 1. The number of phenols is 1. The molecule has 3 N–H and O–H groups in total. The predicted octanol–water partition coefficient (Wildman–Crippen LogP) is 3.26. The molecule has 1 aliphatic carbocycles. The van der Waals surface area contributed by atoms with Gasteiger partial charge in [-0.2, -0.15) is 0 Å². The molecule has 0 heterocycles. The van der Waals surface area contributed by atoms with Crippen LogP contribution < -0.4 is 10.6 Å². The van der Waals surface area contributed by atoms with Gasteiger partial charge in [-0.15, -0.1) is 0 Å². The first-order valence-corrected chi connectivity index (χ1v) is 11.0. The SMILES string of the molecule is CCCCNC(=O)C(c1ccc(O)cc1)N(C(=O)CNC(=O)OC(C)(C)C)C1CCC1. The first kappa shape index (κ1) is 24.5. The van der Waals surface area contributed by atoms with E-state index in [-0.39, 0.29) is 30.2 Å². The van der Waals surface area contributed by atoms with Crippen molar-refractivity contribution in [2.75, 3.05) is 13.1 Å². The molecule has 172 valence electrons. The van der Waals surface area contributed by atoms with Gasteiger partial charge < -0.3 is 25.4 Å². The summed E-state index contributed by atoms with van der Waals surface area (Å²) >= 11 is 0. The molecule has 8 nitrogen and oxygen atoms in total. The second-order valence-corrected chi connectivity index (χ2v) is 8.88. The monoisotopic (exact) mass is 433 g/mol. The molecule has 0 aromatic heterocycles. The third kappa shape index (κ3) is 7.45. The Labute approximate surface area is 184 Å². The molecule has 2 rings (SSSR count). The summed E-state index contributed by atoms with van der Waals surface area (Å²) in [6.07, 6.45) is 3.68. The Bertz CT molecular complexity index is 753. The number of hydrogen-bond donors (Lipinski definition) is 3. The van der Waals surface area contributed by atoms with Crippen LogP contribution in [-0.2, 0) is 14.3 Å². The number of nitrogens with zero attached hydrogens (tertiary/aromatic N) is 1. The number of nitrogens with one attached hydrogen (secondary N) is 2. The van der Waals surface area contributed by atoms with Gasteiger partial charge >= 0.3 is 6.09 Å². The van der Waals surface area contributed by atoms with Crippen LogP contribution in [0.25, 0.3) is 0 Å². The molecular formula is C23H35N3O5. The van der Waals surface area contributed by atoms with Gasteiger partial charge in [-0.3, -0.25) is 9.59 Å². The minimum absolute atomic E-state index is 0.0799. The lowest BCUT2D eigenvalue weighted by atomic mass is 9.88. The normalized spacial score (nSPS) is 14.8. The van der Waals surface area contributed by atoms with Crippen LogP contribution in [0.4, 0.5) is 4.79 Å². The largest absolute Gasteiger partial charge is 0.508 e. The molecule has 31 heavy (non-hydrogen) atoms. The van der Waals surface area contributed by atoms with Gasteiger partial charge in [0.2, 0.25) is 11.8 Å². The molecule has 0 radical (unpaired) electrons. The van der Waals surface area contributed by atoms with Crippen LogP contribution in [0.5, 0.6) is 5.75 Å². The van der Waals surface area contributed by atoms with Gasteiger partial charge in [-0.1, -0.05) is 25.5 Å². The Morgan fingerprint density at radius 2 is 1.81 bits per heavy atom. The van der Waals surface area contributed by atoms with Gasteiger partial charge in [0.25, 0.3) is 0 Å². The summed E-state index contributed by atoms with van der Waals surface area (Å²) in [6.45, 7) is 7.54. The van der Waals surface area contributed by atoms with E-state index in [4.69, 9.17) is 4.74 Å². The van der Waals surface area contributed by atoms with E-state index < -0.39 is 17.7 Å². The van der Waals surface area contributed by atoms with Crippen LogP contribution in [0, 0.1) is 0 Å².